The summed E-state index contributed by atoms with van der Waals surface area (Å²) in [6.07, 6.45) is 2.73. The van der Waals surface area contributed by atoms with Gasteiger partial charge in [-0.25, -0.2) is 4.79 Å². The smallest absolute Gasteiger partial charge is 0.341 e. The summed E-state index contributed by atoms with van der Waals surface area (Å²) in [6, 6.07) is 7.12. The molecule has 1 atom stereocenters. The number of nitrogens with zero attached hydrogens (tertiary/aromatic N) is 1. The van der Waals surface area contributed by atoms with Crippen LogP contribution in [-0.2, 0) is 16.1 Å². The zero-order valence-corrected chi connectivity index (χ0v) is 13.5. The van der Waals surface area contributed by atoms with E-state index < -0.39 is 5.97 Å². The minimum atomic E-state index is -1.00. The number of amides is 1. The molecule has 1 amide bonds. The first kappa shape index (κ1) is 18.0. The lowest BCUT2D eigenvalue weighted by Crippen LogP contribution is -2.27. The van der Waals surface area contributed by atoms with Crippen molar-refractivity contribution < 1.29 is 19.4 Å². The van der Waals surface area contributed by atoms with Crippen molar-refractivity contribution in [2.24, 2.45) is 5.92 Å². The largest absolute Gasteiger partial charge is 0.482 e. The molecular weight excluding hydrogens is 282 g/mol. The molecular formula is C17H25NO4. The summed E-state index contributed by atoms with van der Waals surface area (Å²) in [6.45, 7) is 4.41. The Labute approximate surface area is 131 Å². The highest BCUT2D eigenvalue weighted by Gasteiger charge is 2.13. The Morgan fingerprint density at radius 2 is 1.91 bits per heavy atom. The molecule has 5 heteroatoms. The van der Waals surface area contributed by atoms with E-state index in [9.17, 15) is 9.59 Å². The minimum absolute atomic E-state index is 0.146. The van der Waals surface area contributed by atoms with Crippen molar-refractivity contribution >= 4 is 11.9 Å². The van der Waals surface area contributed by atoms with Gasteiger partial charge in [0, 0.05) is 20.0 Å². The van der Waals surface area contributed by atoms with Gasteiger partial charge in [0.1, 0.15) is 5.75 Å². The van der Waals surface area contributed by atoms with Crippen LogP contribution in [-0.4, -0.2) is 35.5 Å². The van der Waals surface area contributed by atoms with Crippen LogP contribution in [0.5, 0.6) is 5.75 Å². The first-order valence-electron chi connectivity index (χ1n) is 7.59. The summed E-state index contributed by atoms with van der Waals surface area (Å²) in [5, 5.41) is 8.55. The lowest BCUT2D eigenvalue weighted by atomic mass is 10.0. The van der Waals surface area contributed by atoms with E-state index in [1.165, 1.54) is 0 Å². The van der Waals surface area contributed by atoms with Gasteiger partial charge in [0.05, 0.1) is 0 Å². The molecule has 0 aromatic heterocycles. The van der Waals surface area contributed by atoms with Crippen LogP contribution in [0, 0.1) is 5.92 Å². The molecule has 0 fully saturated rings. The highest BCUT2D eigenvalue weighted by Crippen LogP contribution is 2.15. The van der Waals surface area contributed by atoms with Gasteiger partial charge in [-0.05, 0) is 23.6 Å². The maximum atomic E-state index is 12.1. The molecule has 0 radical (unpaired) electrons. The number of aliphatic carboxylic acids is 1. The molecule has 0 saturated heterocycles. The number of carbonyl (C=O) groups excluding carboxylic acids is 1. The standard InChI is InChI=1S/C17H25NO4/c1-4-5-13(2)10-16(19)18(3)11-14-6-8-15(9-7-14)22-12-17(20)21/h6-9,13H,4-5,10-12H2,1-3H3,(H,20,21). The van der Waals surface area contributed by atoms with Crippen LogP contribution in [0.25, 0.3) is 0 Å². The molecule has 1 unspecified atom stereocenters. The topological polar surface area (TPSA) is 66.8 Å². The minimum Gasteiger partial charge on any atom is -0.482 e. The molecule has 1 N–H and O–H groups in total. The molecule has 22 heavy (non-hydrogen) atoms. The average Bonchev–Trinajstić information content (AvgIpc) is 2.46. The number of carboxylic acids is 1. The number of carboxylic acid groups (broad SMARTS) is 1. The highest BCUT2D eigenvalue weighted by molar-refractivity contribution is 5.76. The zero-order valence-electron chi connectivity index (χ0n) is 13.5. The quantitative estimate of drug-likeness (QED) is 0.761. The van der Waals surface area contributed by atoms with Crippen LogP contribution in [0.3, 0.4) is 0 Å². The van der Waals surface area contributed by atoms with E-state index in [0.29, 0.717) is 24.6 Å². The first-order chi connectivity index (χ1) is 10.4. The fourth-order valence-electron chi connectivity index (χ4n) is 2.25. The third-order valence-electron chi connectivity index (χ3n) is 3.44. The van der Waals surface area contributed by atoms with E-state index in [4.69, 9.17) is 9.84 Å². The van der Waals surface area contributed by atoms with Crippen LogP contribution in [0.4, 0.5) is 0 Å². The summed E-state index contributed by atoms with van der Waals surface area (Å²) < 4.78 is 5.07. The molecule has 0 aliphatic carbocycles. The van der Waals surface area contributed by atoms with Crippen LogP contribution < -0.4 is 4.74 Å². The number of carbonyl (C=O) groups is 2. The first-order valence-corrected chi connectivity index (χ1v) is 7.59. The van der Waals surface area contributed by atoms with Gasteiger partial charge in [-0.1, -0.05) is 38.8 Å². The number of benzene rings is 1. The monoisotopic (exact) mass is 307 g/mol. The third kappa shape index (κ3) is 6.61. The molecule has 0 spiro atoms. The molecule has 5 nitrogen and oxygen atoms in total. The highest BCUT2D eigenvalue weighted by atomic mass is 16.5. The van der Waals surface area contributed by atoms with Gasteiger partial charge in [0.2, 0.25) is 5.91 Å². The van der Waals surface area contributed by atoms with Gasteiger partial charge in [-0.2, -0.15) is 0 Å². The van der Waals surface area contributed by atoms with E-state index in [-0.39, 0.29) is 12.5 Å². The molecule has 0 saturated carbocycles. The molecule has 0 aliphatic heterocycles. The fourth-order valence-corrected chi connectivity index (χ4v) is 2.25. The lowest BCUT2D eigenvalue weighted by molar-refractivity contribution is -0.139. The van der Waals surface area contributed by atoms with Crippen LogP contribution in [0.1, 0.15) is 38.7 Å². The number of hydrogen-bond acceptors (Lipinski definition) is 3. The maximum Gasteiger partial charge on any atom is 0.341 e. The summed E-state index contributed by atoms with van der Waals surface area (Å²) in [7, 11) is 1.80. The van der Waals surface area contributed by atoms with Gasteiger partial charge >= 0.3 is 5.97 Å². The zero-order chi connectivity index (χ0) is 16.5. The van der Waals surface area contributed by atoms with Crippen molar-refractivity contribution in [1.82, 2.24) is 4.90 Å². The third-order valence-corrected chi connectivity index (χ3v) is 3.44. The van der Waals surface area contributed by atoms with Gasteiger partial charge in [-0.3, -0.25) is 4.79 Å². The van der Waals surface area contributed by atoms with Crippen molar-refractivity contribution in [3.05, 3.63) is 29.8 Å². The Kier molecular flexibility index (Phi) is 7.43. The van der Waals surface area contributed by atoms with Gasteiger partial charge < -0.3 is 14.7 Å². The van der Waals surface area contributed by atoms with Crippen LogP contribution >= 0.6 is 0 Å². The van der Waals surface area contributed by atoms with Gasteiger partial charge in [0.25, 0.3) is 0 Å². The van der Waals surface area contributed by atoms with E-state index in [0.717, 1.165) is 18.4 Å². The second-order valence-corrected chi connectivity index (χ2v) is 5.67. The number of ether oxygens (including phenoxy) is 1. The van der Waals surface area contributed by atoms with Crippen molar-refractivity contribution in [2.45, 2.75) is 39.7 Å². The van der Waals surface area contributed by atoms with Gasteiger partial charge in [0.15, 0.2) is 6.61 Å². The fraction of sp³-hybridized carbons (Fsp3) is 0.529. The van der Waals surface area contributed by atoms with Crippen molar-refractivity contribution in [3.63, 3.8) is 0 Å². The number of rotatable bonds is 9. The SMILES string of the molecule is CCCC(C)CC(=O)N(C)Cc1ccc(OCC(=O)O)cc1. The Balaban J connectivity index is 2.48. The molecule has 0 bridgehead atoms. The average molecular weight is 307 g/mol. The van der Waals surface area contributed by atoms with Crippen molar-refractivity contribution in [1.29, 1.82) is 0 Å². The van der Waals surface area contributed by atoms with Crippen molar-refractivity contribution in [3.8, 4) is 5.75 Å². The maximum absolute atomic E-state index is 12.1. The summed E-state index contributed by atoms with van der Waals surface area (Å²) >= 11 is 0. The summed E-state index contributed by atoms with van der Waals surface area (Å²) in [4.78, 5) is 24.3. The Hall–Kier alpha value is -2.04. The predicted octanol–water partition coefficient (Wildman–Crippen LogP) is 2.93. The van der Waals surface area contributed by atoms with E-state index in [2.05, 4.69) is 13.8 Å². The second kappa shape index (κ2) is 9.07. The van der Waals surface area contributed by atoms with Crippen LogP contribution in [0.2, 0.25) is 0 Å². The second-order valence-electron chi connectivity index (χ2n) is 5.67. The van der Waals surface area contributed by atoms with Crippen LogP contribution in [0.15, 0.2) is 24.3 Å². The molecule has 122 valence electrons. The Morgan fingerprint density at radius 3 is 2.45 bits per heavy atom. The summed E-state index contributed by atoms with van der Waals surface area (Å²) in [5.41, 5.74) is 0.988. The summed E-state index contributed by atoms with van der Waals surface area (Å²) in [5.74, 6) is 0.0613. The molecule has 0 aliphatic rings. The molecule has 0 heterocycles. The van der Waals surface area contributed by atoms with Gasteiger partial charge in [-0.15, -0.1) is 0 Å². The van der Waals surface area contributed by atoms with E-state index in [1.54, 1.807) is 24.1 Å². The predicted molar refractivity (Wildman–Crippen MR) is 84.7 cm³/mol. The Morgan fingerprint density at radius 1 is 1.27 bits per heavy atom. The Bertz CT molecular complexity index is 484. The molecule has 1 rings (SSSR count). The van der Waals surface area contributed by atoms with Crippen molar-refractivity contribution in [2.75, 3.05) is 13.7 Å². The lowest BCUT2D eigenvalue weighted by Gasteiger charge is -2.19. The van der Waals surface area contributed by atoms with E-state index >= 15 is 0 Å². The van der Waals surface area contributed by atoms with E-state index in [1.807, 2.05) is 12.1 Å². The molecule has 1 aromatic carbocycles. The number of hydrogen-bond donors (Lipinski definition) is 1. The normalized spacial score (nSPS) is 11.8. The molecule has 1 aromatic rings.